The third kappa shape index (κ3) is 4.81. The van der Waals surface area contributed by atoms with Crippen LogP contribution in [0.1, 0.15) is 27.2 Å². The number of nitrogens with one attached hydrogen (secondary N) is 1. The number of hydrogen-bond acceptors (Lipinski definition) is 3. The van der Waals surface area contributed by atoms with Gasteiger partial charge in [0, 0.05) is 19.5 Å². The summed E-state index contributed by atoms with van der Waals surface area (Å²) in [6, 6.07) is 0. The Kier molecular flexibility index (Phi) is 5.02. The number of nitrogens with zero attached hydrogens (tertiary/aromatic N) is 1. The van der Waals surface area contributed by atoms with Crippen molar-refractivity contribution in [3.63, 3.8) is 0 Å². The van der Waals surface area contributed by atoms with Crippen LogP contribution in [0.15, 0.2) is 4.99 Å². The van der Waals surface area contributed by atoms with Gasteiger partial charge in [0.25, 0.3) is 0 Å². The lowest BCUT2D eigenvalue weighted by molar-refractivity contribution is -0.145. The lowest BCUT2D eigenvalue weighted by atomic mass is 10.2. The highest BCUT2D eigenvalue weighted by Gasteiger charge is 2.30. The molecule has 0 unspecified atom stereocenters. The zero-order valence-corrected chi connectivity index (χ0v) is 10.5. The second kappa shape index (κ2) is 6.06. The second-order valence-electron chi connectivity index (χ2n) is 4.63. The molecule has 0 radical (unpaired) electrons. The first kappa shape index (κ1) is 13.3. The molecule has 0 aromatic carbocycles. The normalized spacial score (nSPS) is 20.4. The summed E-state index contributed by atoms with van der Waals surface area (Å²) in [5, 5.41) is 3.06. The Balaban J connectivity index is 2.17. The predicted molar refractivity (Wildman–Crippen MR) is 64.3 cm³/mol. The number of rotatable bonds is 5. The molecule has 1 heterocycles. The van der Waals surface area contributed by atoms with Crippen LogP contribution >= 0.6 is 0 Å². The van der Waals surface area contributed by atoms with Crippen molar-refractivity contribution in [3.8, 4) is 0 Å². The van der Waals surface area contributed by atoms with Crippen molar-refractivity contribution in [2.75, 3.05) is 26.3 Å². The molecule has 0 spiro atoms. The van der Waals surface area contributed by atoms with Gasteiger partial charge in [-0.25, -0.2) is 0 Å². The summed E-state index contributed by atoms with van der Waals surface area (Å²) in [7, 11) is 0. The Labute approximate surface area is 97.4 Å². The molecule has 1 rings (SSSR count). The Morgan fingerprint density at radius 3 is 2.62 bits per heavy atom. The topological polar surface area (TPSA) is 68.9 Å². The number of guanidine groups is 1. The minimum absolute atomic E-state index is 0.453. The summed E-state index contributed by atoms with van der Waals surface area (Å²) in [4.78, 5) is 4.21. The quantitative estimate of drug-likeness (QED) is 0.538. The number of aliphatic imine (C=N–C) groups is 1. The monoisotopic (exact) mass is 229 g/mol. The summed E-state index contributed by atoms with van der Waals surface area (Å²) < 4.78 is 11.0. The fourth-order valence-corrected chi connectivity index (χ4v) is 1.46. The van der Waals surface area contributed by atoms with Gasteiger partial charge < -0.3 is 20.5 Å². The molecule has 3 N–H and O–H groups in total. The van der Waals surface area contributed by atoms with Gasteiger partial charge in [0.1, 0.15) is 0 Å². The van der Waals surface area contributed by atoms with Crippen LogP contribution in [0.5, 0.6) is 0 Å². The molecule has 0 saturated carbocycles. The first-order valence-electron chi connectivity index (χ1n) is 5.83. The van der Waals surface area contributed by atoms with Gasteiger partial charge in [-0.05, 0) is 12.8 Å². The largest absolute Gasteiger partial charge is 0.370 e. The average molecular weight is 229 g/mol. The standard InChI is InChI=1S/C11H23N3O2/c1-9(2)8-14-10(12)13-5-4-11(3)15-6-7-16-11/h9H,4-8H2,1-3H3,(H3,12,13,14). The van der Waals surface area contributed by atoms with Gasteiger partial charge in [0.05, 0.1) is 13.2 Å². The molecule has 5 nitrogen and oxygen atoms in total. The van der Waals surface area contributed by atoms with E-state index in [4.69, 9.17) is 15.2 Å². The van der Waals surface area contributed by atoms with Crippen LogP contribution in [-0.4, -0.2) is 38.0 Å². The second-order valence-corrected chi connectivity index (χ2v) is 4.63. The van der Waals surface area contributed by atoms with E-state index in [0.717, 1.165) is 13.0 Å². The van der Waals surface area contributed by atoms with Gasteiger partial charge >= 0.3 is 0 Å². The summed E-state index contributed by atoms with van der Waals surface area (Å²) in [5.41, 5.74) is 5.71. The molecule has 0 aromatic heterocycles. The van der Waals surface area contributed by atoms with Crippen molar-refractivity contribution in [2.24, 2.45) is 16.6 Å². The van der Waals surface area contributed by atoms with Crippen molar-refractivity contribution in [3.05, 3.63) is 0 Å². The van der Waals surface area contributed by atoms with E-state index in [0.29, 0.717) is 31.6 Å². The molecule has 0 amide bonds. The molecular weight excluding hydrogens is 206 g/mol. The summed E-state index contributed by atoms with van der Waals surface area (Å²) in [5.74, 6) is 0.570. The maximum absolute atomic E-state index is 5.71. The van der Waals surface area contributed by atoms with Crippen LogP contribution in [0, 0.1) is 5.92 Å². The summed E-state index contributed by atoms with van der Waals surface area (Å²) in [6.45, 7) is 8.98. The Bertz CT molecular complexity index is 235. The Morgan fingerprint density at radius 1 is 1.44 bits per heavy atom. The van der Waals surface area contributed by atoms with Crippen LogP contribution < -0.4 is 11.1 Å². The van der Waals surface area contributed by atoms with Crippen molar-refractivity contribution < 1.29 is 9.47 Å². The van der Waals surface area contributed by atoms with Crippen molar-refractivity contribution in [1.82, 2.24) is 5.32 Å². The first-order valence-corrected chi connectivity index (χ1v) is 5.83. The van der Waals surface area contributed by atoms with E-state index in [1.807, 2.05) is 6.92 Å². The van der Waals surface area contributed by atoms with Crippen LogP contribution in [0.3, 0.4) is 0 Å². The molecule has 1 aliphatic heterocycles. The van der Waals surface area contributed by atoms with Gasteiger partial charge in [0.15, 0.2) is 11.7 Å². The molecular formula is C11H23N3O2. The maximum atomic E-state index is 5.71. The number of hydrogen-bond donors (Lipinski definition) is 2. The van der Waals surface area contributed by atoms with Crippen LogP contribution in [0.4, 0.5) is 0 Å². The van der Waals surface area contributed by atoms with Crippen LogP contribution in [-0.2, 0) is 9.47 Å². The molecule has 94 valence electrons. The number of ether oxygens (including phenoxy) is 2. The minimum atomic E-state index is -0.453. The molecule has 5 heteroatoms. The molecule has 1 saturated heterocycles. The van der Waals surface area contributed by atoms with Gasteiger partial charge in [-0.15, -0.1) is 0 Å². The van der Waals surface area contributed by atoms with Gasteiger partial charge in [-0.1, -0.05) is 13.8 Å². The van der Waals surface area contributed by atoms with Gasteiger partial charge in [-0.2, -0.15) is 0 Å². The maximum Gasteiger partial charge on any atom is 0.188 e. The highest BCUT2D eigenvalue weighted by atomic mass is 16.7. The Hall–Kier alpha value is -0.810. The zero-order valence-electron chi connectivity index (χ0n) is 10.5. The van der Waals surface area contributed by atoms with Crippen molar-refractivity contribution in [2.45, 2.75) is 33.0 Å². The molecule has 1 fully saturated rings. The number of nitrogens with two attached hydrogens (primary N) is 1. The molecule has 16 heavy (non-hydrogen) atoms. The van der Waals surface area contributed by atoms with E-state index in [9.17, 15) is 0 Å². The minimum Gasteiger partial charge on any atom is -0.370 e. The van der Waals surface area contributed by atoms with Crippen LogP contribution in [0.2, 0.25) is 0 Å². The lowest BCUT2D eigenvalue weighted by Crippen LogP contribution is -2.37. The highest BCUT2D eigenvalue weighted by molar-refractivity contribution is 5.77. The van der Waals surface area contributed by atoms with Gasteiger partial charge in [-0.3, -0.25) is 4.99 Å². The van der Waals surface area contributed by atoms with E-state index in [-0.39, 0.29) is 0 Å². The lowest BCUT2D eigenvalue weighted by Gasteiger charge is -2.22. The molecule has 0 atom stereocenters. The highest BCUT2D eigenvalue weighted by Crippen LogP contribution is 2.21. The fourth-order valence-electron chi connectivity index (χ4n) is 1.46. The summed E-state index contributed by atoms with van der Waals surface area (Å²) in [6.07, 6.45) is 0.769. The van der Waals surface area contributed by atoms with Crippen LogP contribution in [0.25, 0.3) is 0 Å². The van der Waals surface area contributed by atoms with E-state index in [2.05, 4.69) is 24.2 Å². The van der Waals surface area contributed by atoms with E-state index < -0.39 is 5.79 Å². The Morgan fingerprint density at radius 2 is 2.06 bits per heavy atom. The molecule has 1 aliphatic rings. The molecule has 0 aliphatic carbocycles. The SMILES string of the molecule is CC(C)CN=C(N)NCCC1(C)OCCO1. The third-order valence-corrected chi connectivity index (χ3v) is 2.41. The fraction of sp³-hybridized carbons (Fsp3) is 0.909. The molecule has 0 aromatic rings. The van der Waals surface area contributed by atoms with Crippen molar-refractivity contribution in [1.29, 1.82) is 0 Å². The first-order chi connectivity index (χ1) is 7.52. The zero-order chi connectivity index (χ0) is 12.0. The average Bonchev–Trinajstić information content (AvgIpc) is 2.62. The van der Waals surface area contributed by atoms with E-state index >= 15 is 0 Å². The third-order valence-electron chi connectivity index (χ3n) is 2.41. The summed E-state index contributed by atoms with van der Waals surface area (Å²) >= 11 is 0. The van der Waals surface area contributed by atoms with Gasteiger partial charge in [0.2, 0.25) is 0 Å². The smallest absolute Gasteiger partial charge is 0.188 e. The molecule has 0 bridgehead atoms. The van der Waals surface area contributed by atoms with E-state index in [1.165, 1.54) is 0 Å². The van der Waals surface area contributed by atoms with Crippen molar-refractivity contribution >= 4 is 5.96 Å². The predicted octanol–water partition coefficient (Wildman–Crippen LogP) is 0.700. The van der Waals surface area contributed by atoms with E-state index in [1.54, 1.807) is 0 Å².